The highest BCUT2D eigenvalue weighted by atomic mass is 15.0. The number of hydrogen-bond donors (Lipinski definition) is 1. The van der Waals surface area contributed by atoms with Gasteiger partial charge < -0.3 is 10.3 Å². The molecule has 1 heterocycles. The summed E-state index contributed by atoms with van der Waals surface area (Å²) in [7, 11) is 0. The maximum Gasteiger partial charge on any atom is 0.0954 e. The highest BCUT2D eigenvalue weighted by Crippen LogP contribution is 2.09. The van der Waals surface area contributed by atoms with E-state index in [1.165, 1.54) is 11.3 Å². The van der Waals surface area contributed by atoms with Crippen LogP contribution in [0, 0.1) is 25.7 Å². The normalized spacial score (nSPS) is 9.94. The molecule has 2 N–H and O–H groups in total. The first kappa shape index (κ1) is 12.4. The minimum Gasteiger partial charge on any atom is -0.330 e. The SMILES string of the molecule is Cc1ncn(Cc2ccc(C#CCN)cc2)c1C. The molecule has 0 spiro atoms. The molecule has 2 aromatic rings. The van der Waals surface area contributed by atoms with Crippen molar-refractivity contribution < 1.29 is 0 Å². The molecule has 0 aliphatic heterocycles. The van der Waals surface area contributed by atoms with Crippen molar-refractivity contribution in [2.75, 3.05) is 6.54 Å². The third-order valence-electron chi connectivity index (χ3n) is 2.99. The molecule has 1 aromatic carbocycles. The van der Waals surface area contributed by atoms with E-state index >= 15 is 0 Å². The first-order valence-electron chi connectivity index (χ1n) is 5.97. The van der Waals surface area contributed by atoms with Crippen LogP contribution in [0.5, 0.6) is 0 Å². The van der Waals surface area contributed by atoms with Crippen molar-refractivity contribution >= 4 is 0 Å². The van der Waals surface area contributed by atoms with Crippen molar-refractivity contribution in [1.29, 1.82) is 0 Å². The van der Waals surface area contributed by atoms with Crippen LogP contribution >= 0.6 is 0 Å². The molecule has 3 heteroatoms. The van der Waals surface area contributed by atoms with Crippen molar-refractivity contribution in [1.82, 2.24) is 9.55 Å². The zero-order valence-corrected chi connectivity index (χ0v) is 10.8. The van der Waals surface area contributed by atoms with Gasteiger partial charge in [-0.1, -0.05) is 24.0 Å². The Bertz CT molecular complexity index is 582. The molecule has 0 aliphatic carbocycles. The molecule has 0 unspecified atom stereocenters. The standard InChI is InChI=1S/C15H17N3/c1-12-13(2)18(11-17-12)10-15-7-5-14(6-8-15)4-3-9-16/h5-8,11H,9-10,16H2,1-2H3. The number of rotatable bonds is 2. The largest absolute Gasteiger partial charge is 0.330 e. The zero-order chi connectivity index (χ0) is 13.0. The minimum absolute atomic E-state index is 0.398. The molecule has 0 radical (unpaired) electrons. The summed E-state index contributed by atoms with van der Waals surface area (Å²) in [6.07, 6.45) is 1.88. The van der Waals surface area contributed by atoms with Crippen LogP contribution in [-0.2, 0) is 6.54 Å². The molecule has 2 rings (SSSR count). The van der Waals surface area contributed by atoms with E-state index in [4.69, 9.17) is 5.73 Å². The second-order valence-electron chi connectivity index (χ2n) is 4.25. The minimum atomic E-state index is 0.398. The van der Waals surface area contributed by atoms with Gasteiger partial charge in [-0.3, -0.25) is 0 Å². The monoisotopic (exact) mass is 239 g/mol. The second-order valence-corrected chi connectivity index (χ2v) is 4.25. The summed E-state index contributed by atoms with van der Waals surface area (Å²) < 4.78 is 2.15. The number of hydrogen-bond acceptors (Lipinski definition) is 2. The molecule has 0 saturated carbocycles. The summed E-state index contributed by atoms with van der Waals surface area (Å²) in [4.78, 5) is 4.30. The number of aryl methyl sites for hydroxylation is 1. The van der Waals surface area contributed by atoms with E-state index in [0.717, 1.165) is 17.8 Å². The molecule has 0 aliphatic rings. The van der Waals surface area contributed by atoms with Crippen LogP contribution in [0.25, 0.3) is 0 Å². The Labute approximate surface area is 108 Å². The number of nitrogens with zero attached hydrogens (tertiary/aromatic N) is 2. The van der Waals surface area contributed by atoms with Gasteiger partial charge in [0.05, 0.1) is 18.6 Å². The summed E-state index contributed by atoms with van der Waals surface area (Å²) in [5.41, 5.74) is 9.88. The van der Waals surface area contributed by atoms with Gasteiger partial charge in [-0.2, -0.15) is 0 Å². The predicted molar refractivity (Wildman–Crippen MR) is 73.2 cm³/mol. The Morgan fingerprint density at radius 1 is 1.22 bits per heavy atom. The van der Waals surface area contributed by atoms with Gasteiger partial charge in [0.15, 0.2) is 0 Å². The molecular formula is C15H17N3. The quantitative estimate of drug-likeness (QED) is 0.813. The lowest BCUT2D eigenvalue weighted by atomic mass is 10.1. The van der Waals surface area contributed by atoms with Crippen molar-refractivity contribution in [3.63, 3.8) is 0 Å². The van der Waals surface area contributed by atoms with E-state index in [9.17, 15) is 0 Å². The van der Waals surface area contributed by atoms with E-state index < -0.39 is 0 Å². The topological polar surface area (TPSA) is 43.8 Å². The van der Waals surface area contributed by atoms with Crippen LogP contribution in [0.1, 0.15) is 22.5 Å². The maximum atomic E-state index is 5.34. The summed E-state index contributed by atoms with van der Waals surface area (Å²) in [5, 5.41) is 0. The summed E-state index contributed by atoms with van der Waals surface area (Å²) in [6, 6.07) is 8.23. The average Bonchev–Trinajstić information content (AvgIpc) is 2.70. The number of aromatic nitrogens is 2. The van der Waals surface area contributed by atoms with Crippen LogP contribution in [0.4, 0.5) is 0 Å². The van der Waals surface area contributed by atoms with Crippen molar-refractivity contribution in [2.45, 2.75) is 20.4 Å². The number of imidazole rings is 1. The van der Waals surface area contributed by atoms with E-state index in [1.54, 1.807) is 0 Å². The van der Waals surface area contributed by atoms with E-state index in [-0.39, 0.29) is 0 Å². The Morgan fingerprint density at radius 2 is 1.94 bits per heavy atom. The highest BCUT2D eigenvalue weighted by molar-refractivity contribution is 5.36. The van der Waals surface area contributed by atoms with E-state index in [0.29, 0.717) is 6.54 Å². The van der Waals surface area contributed by atoms with Gasteiger partial charge in [0.1, 0.15) is 0 Å². The van der Waals surface area contributed by atoms with Crippen LogP contribution in [0.3, 0.4) is 0 Å². The summed E-state index contributed by atoms with van der Waals surface area (Å²) >= 11 is 0. The van der Waals surface area contributed by atoms with E-state index in [2.05, 4.69) is 40.4 Å². The number of nitrogens with two attached hydrogens (primary N) is 1. The van der Waals surface area contributed by atoms with Gasteiger partial charge >= 0.3 is 0 Å². The van der Waals surface area contributed by atoms with Gasteiger partial charge in [0, 0.05) is 17.8 Å². The molecule has 0 saturated heterocycles. The average molecular weight is 239 g/mol. The first-order chi connectivity index (χ1) is 8.70. The van der Waals surface area contributed by atoms with Crippen molar-refractivity contribution in [3.05, 3.63) is 53.1 Å². The second kappa shape index (κ2) is 5.52. The van der Waals surface area contributed by atoms with Gasteiger partial charge in [-0.05, 0) is 31.5 Å². The van der Waals surface area contributed by atoms with Crippen LogP contribution in [0.15, 0.2) is 30.6 Å². The lowest BCUT2D eigenvalue weighted by molar-refractivity contribution is 0.768. The van der Waals surface area contributed by atoms with Gasteiger partial charge in [0.25, 0.3) is 0 Å². The lowest BCUT2D eigenvalue weighted by Gasteiger charge is -2.05. The zero-order valence-electron chi connectivity index (χ0n) is 10.8. The molecule has 0 bridgehead atoms. The number of benzene rings is 1. The van der Waals surface area contributed by atoms with Gasteiger partial charge in [-0.25, -0.2) is 4.98 Å². The smallest absolute Gasteiger partial charge is 0.0954 e. The molecule has 0 fully saturated rings. The van der Waals surface area contributed by atoms with Gasteiger partial charge in [-0.15, -0.1) is 0 Å². The Hall–Kier alpha value is -2.05. The Balaban J connectivity index is 2.13. The van der Waals surface area contributed by atoms with Crippen molar-refractivity contribution in [2.24, 2.45) is 5.73 Å². The molecule has 0 atom stereocenters. The molecule has 92 valence electrons. The molecule has 3 nitrogen and oxygen atoms in total. The molecule has 1 aromatic heterocycles. The van der Waals surface area contributed by atoms with Crippen LogP contribution in [-0.4, -0.2) is 16.1 Å². The predicted octanol–water partition coefficient (Wildman–Crippen LogP) is 1.86. The molecule has 0 amide bonds. The molecular weight excluding hydrogens is 222 g/mol. The fourth-order valence-electron chi connectivity index (χ4n) is 1.75. The fraction of sp³-hybridized carbons (Fsp3) is 0.267. The molecule has 18 heavy (non-hydrogen) atoms. The highest BCUT2D eigenvalue weighted by Gasteiger charge is 2.02. The van der Waals surface area contributed by atoms with Crippen molar-refractivity contribution in [3.8, 4) is 11.8 Å². The first-order valence-corrected chi connectivity index (χ1v) is 5.97. The Kier molecular flexibility index (Phi) is 3.81. The van der Waals surface area contributed by atoms with Gasteiger partial charge in [0.2, 0.25) is 0 Å². The lowest BCUT2D eigenvalue weighted by Crippen LogP contribution is -2.00. The summed E-state index contributed by atoms with van der Waals surface area (Å²) in [6.45, 7) is 5.35. The third-order valence-corrected chi connectivity index (χ3v) is 2.99. The maximum absolute atomic E-state index is 5.34. The van der Waals surface area contributed by atoms with Crippen LogP contribution in [0.2, 0.25) is 0 Å². The van der Waals surface area contributed by atoms with E-state index in [1.807, 2.05) is 25.4 Å². The van der Waals surface area contributed by atoms with Crippen LogP contribution < -0.4 is 5.73 Å². The Morgan fingerprint density at radius 3 is 2.50 bits per heavy atom. The summed E-state index contributed by atoms with van der Waals surface area (Å²) in [5.74, 6) is 5.87. The third kappa shape index (κ3) is 2.79. The fourth-order valence-corrected chi connectivity index (χ4v) is 1.75.